The molecule has 0 aliphatic carbocycles. The van der Waals surface area contributed by atoms with E-state index in [9.17, 15) is 9.59 Å². The fourth-order valence-corrected chi connectivity index (χ4v) is 1.75. The summed E-state index contributed by atoms with van der Waals surface area (Å²) in [5.74, 6) is -1.11. The number of amides is 1. The Hall–Kier alpha value is -2.36. The first-order chi connectivity index (χ1) is 8.08. The average molecular weight is 229 g/mol. The lowest BCUT2D eigenvalue weighted by Gasteiger charge is -2.06. The number of aromatic carboxylic acids is 1. The van der Waals surface area contributed by atoms with E-state index in [1.54, 1.807) is 30.3 Å². The number of carbonyl (C=O) groups is 2. The zero-order chi connectivity index (χ0) is 12.4. The molecule has 0 fully saturated rings. The van der Waals surface area contributed by atoms with Gasteiger partial charge >= 0.3 is 5.97 Å². The van der Waals surface area contributed by atoms with Crippen molar-refractivity contribution in [1.29, 1.82) is 0 Å². The lowest BCUT2D eigenvalue weighted by molar-refractivity contribution is -0.114. The molecular formula is C13H11NO3. The Bertz CT molecular complexity index is 605. The predicted molar refractivity (Wildman–Crippen MR) is 65.2 cm³/mol. The molecule has 4 nitrogen and oxygen atoms in total. The van der Waals surface area contributed by atoms with Gasteiger partial charge in [0.05, 0.1) is 5.56 Å². The van der Waals surface area contributed by atoms with Gasteiger partial charge in [0.15, 0.2) is 0 Å². The standard InChI is InChI=1S/C13H11NO3/c1-8(15)14-10-5-6-11-9(7-10)3-2-4-12(11)13(16)17/h2-7H,1H3,(H,14,15)(H,16,17). The second kappa shape index (κ2) is 4.25. The SMILES string of the molecule is CC(=O)Nc1ccc2c(C(=O)O)cccc2c1. The van der Waals surface area contributed by atoms with Gasteiger partial charge in [-0.25, -0.2) is 4.79 Å². The Morgan fingerprint density at radius 3 is 2.59 bits per heavy atom. The van der Waals surface area contributed by atoms with Gasteiger partial charge in [-0.15, -0.1) is 0 Å². The first-order valence-corrected chi connectivity index (χ1v) is 5.11. The minimum Gasteiger partial charge on any atom is -0.478 e. The lowest BCUT2D eigenvalue weighted by Crippen LogP contribution is -2.05. The Labute approximate surface area is 97.9 Å². The van der Waals surface area contributed by atoms with Gasteiger partial charge in [0.1, 0.15) is 0 Å². The van der Waals surface area contributed by atoms with Crippen molar-refractivity contribution in [2.45, 2.75) is 6.92 Å². The van der Waals surface area contributed by atoms with Gasteiger partial charge in [0.25, 0.3) is 0 Å². The van der Waals surface area contributed by atoms with E-state index in [1.165, 1.54) is 6.92 Å². The number of carboxylic acid groups (broad SMARTS) is 1. The summed E-state index contributed by atoms with van der Waals surface area (Å²) in [4.78, 5) is 21.9. The first kappa shape index (κ1) is 11.1. The largest absolute Gasteiger partial charge is 0.478 e. The highest BCUT2D eigenvalue weighted by molar-refractivity contribution is 6.05. The Morgan fingerprint density at radius 1 is 1.18 bits per heavy atom. The molecule has 0 saturated carbocycles. The summed E-state index contributed by atoms with van der Waals surface area (Å²) in [6, 6.07) is 10.2. The summed E-state index contributed by atoms with van der Waals surface area (Å²) in [6.07, 6.45) is 0. The second-order valence-electron chi connectivity index (χ2n) is 3.73. The summed E-state index contributed by atoms with van der Waals surface area (Å²) < 4.78 is 0. The number of nitrogens with one attached hydrogen (secondary N) is 1. The minimum absolute atomic E-state index is 0.154. The number of rotatable bonds is 2. The summed E-state index contributed by atoms with van der Waals surface area (Å²) in [5, 5.41) is 13.1. The van der Waals surface area contributed by atoms with Gasteiger partial charge < -0.3 is 10.4 Å². The van der Waals surface area contributed by atoms with Crippen LogP contribution < -0.4 is 5.32 Å². The molecule has 0 radical (unpaired) electrons. The molecule has 0 aliphatic heterocycles. The Kier molecular flexibility index (Phi) is 2.78. The van der Waals surface area contributed by atoms with E-state index in [0.717, 1.165) is 5.39 Å². The van der Waals surface area contributed by atoms with Gasteiger partial charge in [0.2, 0.25) is 5.91 Å². The van der Waals surface area contributed by atoms with E-state index in [0.29, 0.717) is 11.1 Å². The molecule has 0 spiro atoms. The highest BCUT2D eigenvalue weighted by atomic mass is 16.4. The lowest BCUT2D eigenvalue weighted by atomic mass is 10.0. The van der Waals surface area contributed by atoms with Crippen molar-refractivity contribution in [2.75, 3.05) is 5.32 Å². The maximum absolute atomic E-state index is 11.0. The van der Waals surface area contributed by atoms with Crippen LogP contribution in [0.15, 0.2) is 36.4 Å². The Morgan fingerprint density at radius 2 is 1.94 bits per heavy atom. The van der Waals surface area contributed by atoms with Gasteiger partial charge in [-0.1, -0.05) is 18.2 Å². The van der Waals surface area contributed by atoms with Gasteiger partial charge in [-0.05, 0) is 29.0 Å². The molecule has 2 N–H and O–H groups in total. The topological polar surface area (TPSA) is 66.4 Å². The van der Waals surface area contributed by atoms with Crippen molar-refractivity contribution in [2.24, 2.45) is 0 Å². The third-order valence-corrected chi connectivity index (χ3v) is 2.43. The number of fused-ring (bicyclic) bond motifs is 1. The Balaban J connectivity index is 2.56. The number of benzene rings is 2. The molecule has 0 bridgehead atoms. The van der Waals surface area contributed by atoms with Crippen LogP contribution in [0.1, 0.15) is 17.3 Å². The molecule has 4 heteroatoms. The smallest absolute Gasteiger partial charge is 0.336 e. The third kappa shape index (κ3) is 2.25. The van der Waals surface area contributed by atoms with Crippen LogP contribution in [0.25, 0.3) is 10.8 Å². The summed E-state index contributed by atoms with van der Waals surface area (Å²) in [6.45, 7) is 1.43. The van der Waals surface area contributed by atoms with Gasteiger partial charge in [0, 0.05) is 12.6 Å². The molecule has 0 aromatic heterocycles. The van der Waals surface area contributed by atoms with E-state index in [-0.39, 0.29) is 11.5 Å². The van der Waals surface area contributed by atoms with Crippen molar-refractivity contribution in [3.05, 3.63) is 42.0 Å². The summed E-state index contributed by atoms with van der Waals surface area (Å²) >= 11 is 0. The van der Waals surface area contributed by atoms with Crippen LogP contribution in [0.5, 0.6) is 0 Å². The molecule has 1 amide bonds. The van der Waals surface area contributed by atoms with Crippen LogP contribution in [0.2, 0.25) is 0 Å². The second-order valence-corrected chi connectivity index (χ2v) is 3.73. The molecule has 0 atom stereocenters. The van der Waals surface area contributed by atoms with E-state index in [2.05, 4.69) is 5.32 Å². The minimum atomic E-state index is -0.956. The van der Waals surface area contributed by atoms with Crippen molar-refractivity contribution in [1.82, 2.24) is 0 Å². The van der Waals surface area contributed by atoms with Crippen molar-refractivity contribution in [3.63, 3.8) is 0 Å². The molecule has 17 heavy (non-hydrogen) atoms. The van der Waals surface area contributed by atoms with E-state index in [1.807, 2.05) is 6.07 Å². The van der Waals surface area contributed by atoms with Gasteiger partial charge in [-0.3, -0.25) is 4.79 Å². The number of carbonyl (C=O) groups excluding carboxylic acids is 1. The molecule has 0 unspecified atom stereocenters. The molecule has 0 saturated heterocycles. The molecule has 2 rings (SSSR count). The molecule has 0 heterocycles. The molecule has 2 aromatic rings. The van der Waals surface area contributed by atoms with Gasteiger partial charge in [-0.2, -0.15) is 0 Å². The zero-order valence-electron chi connectivity index (χ0n) is 9.23. The molecule has 0 aliphatic rings. The fourth-order valence-electron chi connectivity index (χ4n) is 1.75. The van der Waals surface area contributed by atoms with Crippen molar-refractivity contribution >= 4 is 28.3 Å². The molecule has 86 valence electrons. The van der Waals surface area contributed by atoms with E-state index < -0.39 is 5.97 Å². The predicted octanol–water partition coefficient (Wildman–Crippen LogP) is 2.50. The van der Waals surface area contributed by atoms with E-state index >= 15 is 0 Å². The highest BCUT2D eigenvalue weighted by Crippen LogP contribution is 2.22. The number of carboxylic acids is 1. The fraction of sp³-hybridized carbons (Fsp3) is 0.0769. The summed E-state index contributed by atoms with van der Waals surface area (Å²) in [5.41, 5.74) is 0.921. The monoisotopic (exact) mass is 229 g/mol. The zero-order valence-corrected chi connectivity index (χ0v) is 9.23. The normalized spacial score (nSPS) is 10.2. The molecule has 2 aromatic carbocycles. The van der Waals surface area contributed by atoms with Crippen LogP contribution in [0.4, 0.5) is 5.69 Å². The van der Waals surface area contributed by atoms with Crippen molar-refractivity contribution in [3.8, 4) is 0 Å². The van der Waals surface area contributed by atoms with Crippen molar-refractivity contribution < 1.29 is 14.7 Å². The van der Waals surface area contributed by atoms with Crippen LogP contribution in [-0.2, 0) is 4.79 Å². The maximum atomic E-state index is 11.0. The maximum Gasteiger partial charge on any atom is 0.336 e. The van der Waals surface area contributed by atoms with Crippen LogP contribution in [-0.4, -0.2) is 17.0 Å². The number of anilines is 1. The van der Waals surface area contributed by atoms with Crippen LogP contribution in [0.3, 0.4) is 0 Å². The average Bonchev–Trinajstić information content (AvgIpc) is 2.26. The van der Waals surface area contributed by atoms with Crippen LogP contribution >= 0.6 is 0 Å². The van der Waals surface area contributed by atoms with Crippen LogP contribution in [0, 0.1) is 0 Å². The first-order valence-electron chi connectivity index (χ1n) is 5.11. The molecular weight excluding hydrogens is 218 g/mol. The van der Waals surface area contributed by atoms with E-state index in [4.69, 9.17) is 5.11 Å². The highest BCUT2D eigenvalue weighted by Gasteiger charge is 2.08. The summed E-state index contributed by atoms with van der Waals surface area (Å²) in [7, 11) is 0. The quantitative estimate of drug-likeness (QED) is 0.831. The third-order valence-electron chi connectivity index (χ3n) is 2.43. The number of hydrogen-bond donors (Lipinski definition) is 2. The number of hydrogen-bond acceptors (Lipinski definition) is 2.